The Hall–Kier alpha value is -4.14. The Kier molecular flexibility index (Phi) is 6.45. The summed E-state index contributed by atoms with van der Waals surface area (Å²) in [6, 6.07) is 28.5. The molecule has 1 aromatic heterocycles. The highest BCUT2D eigenvalue weighted by Gasteiger charge is 2.15. The van der Waals surface area contributed by atoms with Crippen LogP contribution in [0.15, 0.2) is 96.7 Å². The first-order valence-electron chi connectivity index (χ1n) is 9.99. The van der Waals surface area contributed by atoms with Crippen molar-refractivity contribution < 1.29 is 4.79 Å². The molecule has 0 aliphatic rings. The highest BCUT2D eigenvalue weighted by Crippen LogP contribution is 2.27. The van der Waals surface area contributed by atoms with Gasteiger partial charge in [0.15, 0.2) is 0 Å². The third kappa shape index (κ3) is 4.94. The first kappa shape index (κ1) is 21.1. The molecular weight excluding hydrogens is 420 g/mol. The van der Waals surface area contributed by atoms with Crippen LogP contribution in [-0.4, -0.2) is 15.7 Å². The van der Waals surface area contributed by atoms with Crippen molar-refractivity contribution in [3.05, 3.63) is 113 Å². The van der Waals surface area contributed by atoms with Crippen molar-refractivity contribution in [2.75, 3.05) is 0 Å². The summed E-state index contributed by atoms with van der Waals surface area (Å²) >= 11 is 6.04. The Morgan fingerprint density at radius 2 is 1.66 bits per heavy atom. The Morgan fingerprint density at radius 1 is 1.00 bits per heavy atom. The van der Waals surface area contributed by atoms with Crippen LogP contribution in [0.1, 0.15) is 11.1 Å². The highest BCUT2D eigenvalue weighted by atomic mass is 35.5. The molecule has 1 N–H and O–H groups in total. The lowest BCUT2D eigenvalue weighted by Gasteiger charge is -2.04. The highest BCUT2D eigenvalue weighted by molar-refractivity contribution is 6.30. The summed E-state index contributed by atoms with van der Waals surface area (Å²) in [6.45, 7) is 0.339. The van der Waals surface area contributed by atoms with Crippen molar-refractivity contribution in [3.63, 3.8) is 0 Å². The molecule has 0 spiro atoms. The second-order valence-electron chi connectivity index (χ2n) is 7.06. The molecule has 1 heterocycles. The minimum Gasteiger partial charge on any atom is -0.347 e. The molecule has 0 saturated heterocycles. The number of hydrogen-bond donors (Lipinski definition) is 1. The average Bonchev–Trinajstić information content (AvgIpc) is 3.26. The topological polar surface area (TPSA) is 70.7 Å². The maximum atomic E-state index is 12.7. The molecule has 6 heteroatoms. The molecule has 0 atom stereocenters. The molecule has 0 aliphatic heterocycles. The van der Waals surface area contributed by atoms with Gasteiger partial charge < -0.3 is 5.32 Å². The summed E-state index contributed by atoms with van der Waals surface area (Å²) in [5.74, 6) is -0.439. The van der Waals surface area contributed by atoms with Gasteiger partial charge in [-0.3, -0.25) is 4.79 Å². The Bertz CT molecular complexity index is 1290. The van der Waals surface area contributed by atoms with Crippen molar-refractivity contribution in [1.82, 2.24) is 15.1 Å². The summed E-state index contributed by atoms with van der Waals surface area (Å²) in [6.07, 6.45) is 3.37. The third-order valence-corrected chi connectivity index (χ3v) is 5.09. The maximum Gasteiger partial charge on any atom is 0.262 e. The number of halogens is 1. The van der Waals surface area contributed by atoms with Gasteiger partial charge in [-0.1, -0.05) is 72.3 Å². The van der Waals surface area contributed by atoms with Gasteiger partial charge in [0.05, 0.1) is 11.4 Å². The van der Waals surface area contributed by atoms with Crippen molar-refractivity contribution in [1.29, 1.82) is 5.26 Å². The van der Waals surface area contributed by atoms with Gasteiger partial charge in [0.1, 0.15) is 11.6 Å². The molecule has 0 bridgehead atoms. The maximum absolute atomic E-state index is 12.7. The van der Waals surface area contributed by atoms with Crippen molar-refractivity contribution >= 4 is 23.6 Å². The van der Waals surface area contributed by atoms with Crippen LogP contribution in [0.2, 0.25) is 5.02 Å². The lowest BCUT2D eigenvalue weighted by Crippen LogP contribution is -2.23. The summed E-state index contributed by atoms with van der Waals surface area (Å²) in [5, 5.41) is 17.8. The predicted molar refractivity (Wildman–Crippen MR) is 126 cm³/mol. The molecule has 32 heavy (non-hydrogen) atoms. The standard InChI is InChI=1S/C26H19ClN4O/c27-23-13-11-20(12-14-23)25-22(18-31(30-25)24-9-5-2-6-10-24)15-21(16-28)26(32)29-17-19-7-3-1-4-8-19/h1-15,18H,17H2,(H,29,32). The fourth-order valence-corrected chi connectivity index (χ4v) is 3.34. The molecule has 0 saturated carbocycles. The van der Waals surface area contributed by atoms with Crippen LogP contribution in [0.25, 0.3) is 23.0 Å². The predicted octanol–water partition coefficient (Wildman–Crippen LogP) is 5.42. The van der Waals surface area contributed by atoms with E-state index < -0.39 is 5.91 Å². The van der Waals surface area contributed by atoms with Crippen LogP contribution in [0.4, 0.5) is 0 Å². The molecule has 3 aromatic carbocycles. The number of aromatic nitrogens is 2. The third-order valence-electron chi connectivity index (χ3n) is 4.84. The SMILES string of the molecule is N#CC(=Cc1cn(-c2ccccc2)nc1-c1ccc(Cl)cc1)C(=O)NCc1ccccc1. The van der Waals surface area contributed by atoms with E-state index in [0.717, 1.165) is 16.8 Å². The molecule has 0 fully saturated rings. The van der Waals surface area contributed by atoms with Gasteiger partial charge in [-0.25, -0.2) is 4.68 Å². The van der Waals surface area contributed by atoms with Crippen molar-refractivity contribution in [3.8, 4) is 23.0 Å². The fraction of sp³-hybridized carbons (Fsp3) is 0.0385. The average molecular weight is 439 g/mol. The minimum atomic E-state index is -0.439. The Morgan fingerprint density at radius 3 is 2.31 bits per heavy atom. The fourth-order valence-electron chi connectivity index (χ4n) is 3.22. The number of benzene rings is 3. The molecule has 4 aromatic rings. The van der Waals surface area contributed by atoms with E-state index in [-0.39, 0.29) is 5.57 Å². The number of carbonyl (C=O) groups is 1. The summed E-state index contributed by atoms with van der Waals surface area (Å²) in [5.41, 5.74) is 3.96. The second kappa shape index (κ2) is 9.78. The van der Waals surface area contributed by atoms with Crippen molar-refractivity contribution in [2.45, 2.75) is 6.54 Å². The zero-order chi connectivity index (χ0) is 22.3. The van der Waals surface area contributed by atoms with Gasteiger partial charge in [-0.2, -0.15) is 10.4 Å². The Balaban J connectivity index is 1.69. The number of amides is 1. The smallest absolute Gasteiger partial charge is 0.262 e. The van der Waals surface area contributed by atoms with Gasteiger partial charge in [0.25, 0.3) is 5.91 Å². The number of rotatable bonds is 6. The van der Waals surface area contributed by atoms with E-state index >= 15 is 0 Å². The van der Waals surface area contributed by atoms with E-state index in [2.05, 4.69) is 5.32 Å². The second-order valence-corrected chi connectivity index (χ2v) is 7.49. The van der Waals surface area contributed by atoms with Gasteiger partial charge in [0, 0.05) is 28.9 Å². The minimum absolute atomic E-state index is 0.00348. The van der Waals surface area contributed by atoms with E-state index in [9.17, 15) is 10.1 Å². The van der Waals surface area contributed by atoms with Gasteiger partial charge in [0.2, 0.25) is 0 Å². The summed E-state index contributed by atoms with van der Waals surface area (Å²) in [7, 11) is 0. The number of para-hydroxylation sites is 1. The van der Waals surface area contributed by atoms with Crippen LogP contribution in [0.5, 0.6) is 0 Å². The van der Waals surface area contributed by atoms with Crippen LogP contribution in [0.3, 0.4) is 0 Å². The molecule has 0 unspecified atom stereocenters. The van der Waals surface area contributed by atoms with Crippen LogP contribution in [-0.2, 0) is 11.3 Å². The summed E-state index contributed by atoms with van der Waals surface area (Å²) < 4.78 is 1.73. The van der Waals surface area contributed by atoms with E-state index in [4.69, 9.17) is 16.7 Å². The normalized spacial score (nSPS) is 11.1. The van der Waals surface area contributed by atoms with Crippen LogP contribution >= 0.6 is 11.6 Å². The number of carbonyl (C=O) groups excluding carboxylic acids is 1. The quantitative estimate of drug-likeness (QED) is 0.323. The lowest BCUT2D eigenvalue weighted by atomic mass is 10.1. The molecule has 156 valence electrons. The van der Waals surface area contributed by atoms with E-state index in [1.54, 1.807) is 29.1 Å². The number of nitriles is 1. The first-order valence-corrected chi connectivity index (χ1v) is 10.4. The number of hydrogen-bond acceptors (Lipinski definition) is 3. The Labute approximate surface area is 191 Å². The largest absolute Gasteiger partial charge is 0.347 e. The van der Waals surface area contributed by atoms with E-state index in [0.29, 0.717) is 22.8 Å². The molecular formula is C26H19ClN4O. The van der Waals surface area contributed by atoms with Gasteiger partial charge >= 0.3 is 0 Å². The van der Waals surface area contributed by atoms with Gasteiger partial charge in [-0.05, 0) is 35.9 Å². The first-order chi connectivity index (χ1) is 15.6. The summed E-state index contributed by atoms with van der Waals surface area (Å²) in [4.78, 5) is 12.7. The lowest BCUT2D eigenvalue weighted by molar-refractivity contribution is -0.117. The zero-order valence-corrected chi connectivity index (χ0v) is 17.8. The van der Waals surface area contributed by atoms with Crippen molar-refractivity contribution in [2.24, 2.45) is 0 Å². The van der Waals surface area contributed by atoms with E-state index in [1.807, 2.05) is 78.9 Å². The number of nitrogens with zero attached hydrogens (tertiary/aromatic N) is 3. The molecule has 1 amide bonds. The zero-order valence-electron chi connectivity index (χ0n) is 17.1. The molecule has 5 nitrogen and oxygen atoms in total. The van der Waals surface area contributed by atoms with E-state index in [1.165, 1.54) is 0 Å². The van der Waals surface area contributed by atoms with Gasteiger partial charge in [-0.15, -0.1) is 0 Å². The molecule has 0 radical (unpaired) electrons. The molecule has 0 aliphatic carbocycles. The number of nitrogens with one attached hydrogen (secondary N) is 1. The van der Waals surface area contributed by atoms with Crippen LogP contribution in [0, 0.1) is 11.3 Å². The monoisotopic (exact) mass is 438 g/mol. The molecule has 4 rings (SSSR count). The van der Waals surface area contributed by atoms with Crippen LogP contribution < -0.4 is 5.32 Å².